The second-order valence-corrected chi connectivity index (χ2v) is 4.53. The summed E-state index contributed by atoms with van der Waals surface area (Å²) in [6.45, 7) is 5.83. The van der Waals surface area contributed by atoms with Gasteiger partial charge in [0.1, 0.15) is 5.75 Å². The molecule has 1 aromatic rings. The Bertz CT molecular complexity index is 388. The molecule has 0 radical (unpaired) electrons. The molecule has 0 aliphatic heterocycles. The minimum absolute atomic E-state index is 0.0282. The second-order valence-electron chi connectivity index (χ2n) is 4.53. The number of benzene rings is 1. The van der Waals surface area contributed by atoms with E-state index in [1.54, 1.807) is 13.0 Å². The van der Waals surface area contributed by atoms with Crippen LogP contribution in [0.2, 0.25) is 0 Å². The van der Waals surface area contributed by atoms with Crippen molar-refractivity contribution in [2.45, 2.75) is 39.3 Å². The van der Waals surface area contributed by atoms with Crippen molar-refractivity contribution < 1.29 is 14.6 Å². The molecule has 2 N–H and O–H groups in total. The van der Waals surface area contributed by atoms with Crippen LogP contribution in [0.4, 0.5) is 0 Å². The van der Waals surface area contributed by atoms with E-state index in [4.69, 9.17) is 4.74 Å². The smallest absolute Gasteiger partial charge is 0.223 e. The first-order valence-electron chi connectivity index (χ1n) is 6.20. The molecule has 0 spiro atoms. The number of aliphatic hydroxyl groups is 1. The van der Waals surface area contributed by atoms with Crippen LogP contribution in [-0.4, -0.2) is 23.7 Å². The number of para-hydroxylation sites is 1. The summed E-state index contributed by atoms with van der Waals surface area (Å²) in [5.74, 6) is 0.601. The monoisotopic (exact) mass is 251 g/mol. The number of hydrogen-bond acceptors (Lipinski definition) is 3. The van der Waals surface area contributed by atoms with Gasteiger partial charge in [-0.1, -0.05) is 18.2 Å². The Kier molecular flexibility index (Phi) is 5.65. The van der Waals surface area contributed by atoms with Crippen LogP contribution in [0.5, 0.6) is 5.75 Å². The number of carbonyl (C=O) groups excluding carboxylic acids is 1. The molecule has 1 amide bonds. The largest absolute Gasteiger partial charge is 0.493 e. The van der Waals surface area contributed by atoms with Crippen molar-refractivity contribution in [2.24, 2.45) is 0 Å². The highest BCUT2D eigenvalue weighted by molar-refractivity contribution is 5.76. The third-order valence-electron chi connectivity index (χ3n) is 2.41. The topological polar surface area (TPSA) is 58.6 Å². The number of amides is 1. The lowest BCUT2D eigenvalue weighted by Crippen LogP contribution is -2.31. The predicted molar refractivity (Wildman–Crippen MR) is 70.5 cm³/mol. The molecule has 1 atom stereocenters. The summed E-state index contributed by atoms with van der Waals surface area (Å²) in [6.07, 6.45) is -0.266. The van der Waals surface area contributed by atoms with E-state index in [0.717, 1.165) is 5.56 Å². The molecule has 0 aromatic heterocycles. The van der Waals surface area contributed by atoms with Gasteiger partial charge in [-0.05, 0) is 26.8 Å². The molecule has 1 aromatic carbocycles. The van der Waals surface area contributed by atoms with E-state index < -0.39 is 6.10 Å². The van der Waals surface area contributed by atoms with Crippen molar-refractivity contribution in [3.8, 4) is 5.75 Å². The van der Waals surface area contributed by atoms with Gasteiger partial charge in [-0.15, -0.1) is 0 Å². The Morgan fingerprint density at radius 2 is 2.00 bits per heavy atom. The predicted octanol–water partition coefficient (Wildman–Crippen LogP) is 2.03. The van der Waals surface area contributed by atoms with Crippen LogP contribution in [0.25, 0.3) is 0 Å². The number of rotatable bonds is 6. The molecule has 18 heavy (non-hydrogen) atoms. The Balaban J connectivity index is 2.46. The van der Waals surface area contributed by atoms with E-state index in [1.807, 2.05) is 32.0 Å². The SMILES string of the molecule is CC(C)NC(=O)CCOc1ccccc1[C@H](C)O. The van der Waals surface area contributed by atoms with Gasteiger partial charge in [0, 0.05) is 11.6 Å². The van der Waals surface area contributed by atoms with Gasteiger partial charge in [0.2, 0.25) is 5.91 Å². The van der Waals surface area contributed by atoms with Gasteiger partial charge in [0.15, 0.2) is 0 Å². The molecule has 4 nitrogen and oxygen atoms in total. The lowest BCUT2D eigenvalue weighted by molar-refractivity contribution is -0.122. The first-order chi connectivity index (χ1) is 8.50. The molecule has 0 fully saturated rings. The maximum absolute atomic E-state index is 11.4. The van der Waals surface area contributed by atoms with Crippen LogP contribution in [0, 0.1) is 0 Å². The molecule has 0 bridgehead atoms. The van der Waals surface area contributed by atoms with Gasteiger partial charge in [-0.3, -0.25) is 4.79 Å². The minimum atomic E-state index is -0.578. The van der Waals surface area contributed by atoms with Crippen LogP contribution >= 0.6 is 0 Å². The Hall–Kier alpha value is -1.55. The van der Waals surface area contributed by atoms with Crippen molar-refractivity contribution in [1.29, 1.82) is 0 Å². The average Bonchev–Trinajstić information content (AvgIpc) is 2.28. The molecule has 0 saturated heterocycles. The van der Waals surface area contributed by atoms with Crippen molar-refractivity contribution >= 4 is 5.91 Å². The molecule has 0 heterocycles. The molecule has 0 saturated carbocycles. The van der Waals surface area contributed by atoms with Crippen LogP contribution in [0.1, 0.15) is 38.9 Å². The van der Waals surface area contributed by atoms with E-state index in [2.05, 4.69) is 5.32 Å². The highest BCUT2D eigenvalue weighted by Gasteiger charge is 2.09. The van der Waals surface area contributed by atoms with E-state index in [9.17, 15) is 9.90 Å². The highest BCUT2D eigenvalue weighted by Crippen LogP contribution is 2.24. The van der Waals surface area contributed by atoms with Crippen molar-refractivity contribution in [2.75, 3.05) is 6.61 Å². The van der Waals surface area contributed by atoms with Crippen LogP contribution < -0.4 is 10.1 Å². The van der Waals surface area contributed by atoms with Crippen molar-refractivity contribution in [3.63, 3.8) is 0 Å². The van der Waals surface area contributed by atoms with Crippen LogP contribution in [-0.2, 0) is 4.79 Å². The number of hydrogen-bond donors (Lipinski definition) is 2. The molecule has 100 valence electrons. The van der Waals surface area contributed by atoms with Crippen molar-refractivity contribution in [1.82, 2.24) is 5.32 Å². The Morgan fingerprint density at radius 1 is 1.33 bits per heavy atom. The van der Waals surface area contributed by atoms with Gasteiger partial charge in [-0.25, -0.2) is 0 Å². The maximum atomic E-state index is 11.4. The van der Waals surface area contributed by atoms with Gasteiger partial charge in [0.25, 0.3) is 0 Å². The van der Waals surface area contributed by atoms with Crippen molar-refractivity contribution in [3.05, 3.63) is 29.8 Å². The summed E-state index contributed by atoms with van der Waals surface area (Å²) in [4.78, 5) is 11.4. The summed E-state index contributed by atoms with van der Waals surface area (Å²) < 4.78 is 5.53. The van der Waals surface area contributed by atoms with Crippen LogP contribution in [0.15, 0.2) is 24.3 Å². The first-order valence-corrected chi connectivity index (χ1v) is 6.20. The zero-order valence-electron chi connectivity index (χ0n) is 11.1. The highest BCUT2D eigenvalue weighted by atomic mass is 16.5. The zero-order chi connectivity index (χ0) is 13.5. The van der Waals surface area contributed by atoms with Crippen LogP contribution in [0.3, 0.4) is 0 Å². The fraction of sp³-hybridized carbons (Fsp3) is 0.500. The molecule has 4 heteroatoms. The summed E-state index contributed by atoms with van der Waals surface area (Å²) in [5, 5.41) is 12.4. The number of ether oxygens (including phenoxy) is 1. The fourth-order valence-electron chi connectivity index (χ4n) is 1.60. The normalized spacial score (nSPS) is 12.3. The average molecular weight is 251 g/mol. The standard InChI is InChI=1S/C14H21NO3/c1-10(2)15-14(17)8-9-18-13-7-5-4-6-12(13)11(3)16/h4-7,10-11,16H,8-9H2,1-3H3,(H,15,17)/t11-/m0/s1. The third-order valence-corrected chi connectivity index (χ3v) is 2.41. The van der Waals surface area contributed by atoms with Gasteiger partial charge in [-0.2, -0.15) is 0 Å². The Labute approximate surface area is 108 Å². The third kappa shape index (κ3) is 4.75. The van der Waals surface area contributed by atoms with Gasteiger partial charge >= 0.3 is 0 Å². The Morgan fingerprint density at radius 3 is 2.61 bits per heavy atom. The molecular weight excluding hydrogens is 230 g/mol. The molecule has 1 rings (SSSR count). The molecule has 0 unspecified atom stereocenters. The molecule has 0 aliphatic rings. The van der Waals surface area contributed by atoms with Gasteiger partial charge < -0.3 is 15.2 Å². The summed E-state index contributed by atoms with van der Waals surface area (Å²) in [7, 11) is 0. The van der Waals surface area contributed by atoms with E-state index in [1.165, 1.54) is 0 Å². The first kappa shape index (κ1) is 14.5. The lowest BCUT2D eigenvalue weighted by atomic mass is 10.1. The minimum Gasteiger partial charge on any atom is -0.493 e. The summed E-state index contributed by atoms with van der Waals surface area (Å²) in [5.41, 5.74) is 0.738. The number of carbonyl (C=O) groups is 1. The summed E-state index contributed by atoms with van der Waals surface area (Å²) in [6, 6.07) is 7.44. The quantitative estimate of drug-likeness (QED) is 0.813. The lowest BCUT2D eigenvalue weighted by Gasteiger charge is -2.13. The van der Waals surface area contributed by atoms with E-state index in [-0.39, 0.29) is 11.9 Å². The number of aliphatic hydroxyl groups excluding tert-OH is 1. The second kappa shape index (κ2) is 7.01. The number of nitrogens with one attached hydrogen (secondary N) is 1. The molecule has 0 aliphatic carbocycles. The van der Waals surface area contributed by atoms with Gasteiger partial charge in [0.05, 0.1) is 19.1 Å². The summed E-state index contributed by atoms with van der Waals surface area (Å²) >= 11 is 0. The maximum Gasteiger partial charge on any atom is 0.223 e. The van der Waals surface area contributed by atoms with E-state index in [0.29, 0.717) is 18.8 Å². The zero-order valence-corrected chi connectivity index (χ0v) is 11.1. The molecular formula is C14H21NO3. The van der Waals surface area contributed by atoms with E-state index >= 15 is 0 Å². The fourth-order valence-corrected chi connectivity index (χ4v) is 1.60.